The summed E-state index contributed by atoms with van der Waals surface area (Å²) >= 11 is 0. The van der Waals surface area contributed by atoms with E-state index in [1.54, 1.807) is 0 Å². The smallest absolute Gasteiger partial charge is 0.433 e. The Labute approximate surface area is 156 Å². The monoisotopic (exact) mass is 420 g/mol. The van der Waals surface area contributed by atoms with Crippen LogP contribution in [0, 0.1) is 5.82 Å². The van der Waals surface area contributed by atoms with Crippen molar-refractivity contribution >= 4 is 16.0 Å². The number of benzene rings is 1. The van der Waals surface area contributed by atoms with Crippen LogP contribution >= 0.6 is 0 Å². The van der Waals surface area contributed by atoms with Crippen LogP contribution in [-0.4, -0.2) is 48.0 Å². The molecule has 1 N–H and O–H groups in total. The van der Waals surface area contributed by atoms with E-state index in [9.17, 15) is 30.8 Å². The van der Waals surface area contributed by atoms with Crippen LogP contribution in [0.15, 0.2) is 41.3 Å². The molecule has 0 radical (unpaired) electrons. The van der Waals surface area contributed by atoms with Crippen LogP contribution in [0.1, 0.15) is 16.1 Å². The fourth-order valence-corrected chi connectivity index (χ4v) is 3.99. The number of halogens is 4. The van der Waals surface area contributed by atoms with Gasteiger partial charge in [0.15, 0.2) is 0 Å². The topological polar surface area (TPSA) is 96.8 Å². The summed E-state index contributed by atoms with van der Waals surface area (Å²) in [6.45, 7) is -0.361. The second kappa shape index (κ2) is 7.02. The quantitative estimate of drug-likeness (QED) is 0.747. The molecule has 0 saturated carbocycles. The minimum absolute atomic E-state index is 0.181. The first-order valence-electron chi connectivity index (χ1n) is 7.72. The molecule has 7 nitrogen and oxygen atoms in total. The van der Waals surface area contributed by atoms with Gasteiger partial charge in [-0.2, -0.15) is 17.5 Å². The molecule has 0 spiro atoms. The fourth-order valence-electron chi connectivity index (χ4n) is 2.46. The Morgan fingerprint density at radius 1 is 1.21 bits per heavy atom. The maximum atomic E-state index is 13.4. The highest BCUT2D eigenvalue weighted by Gasteiger charge is 2.39. The van der Waals surface area contributed by atoms with Gasteiger partial charge >= 0.3 is 12.1 Å². The molecule has 3 rings (SSSR count). The lowest BCUT2D eigenvalue weighted by Gasteiger charge is -2.37. The third-order valence-electron chi connectivity index (χ3n) is 3.92. The number of alkyl halides is 3. The Kier molecular flexibility index (Phi) is 5.02. The molecule has 0 unspecified atom stereocenters. The molecule has 1 aliphatic heterocycles. The van der Waals surface area contributed by atoms with Gasteiger partial charge in [-0.15, -0.1) is 0 Å². The summed E-state index contributed by atoms with van der Waals surface area (Å²) < 4.78 is 82.5. The van der Waals surface area contributed by atoms with Crippen LogP contribution in [0.2, 0.25) is 0 Å². The molecule has 2 heterocycles. The summed E-state index contributed by atoms with van der Waals surface area (Å²) in [6, 6.07) is 5.47. The molecule has 28 heavy (non-hydrogen) atoms. The van der Waals surface area contributed by atoms with Gasteiger partial charge in [0.2, 0.25) is 15.9 Å². The summed E-state index contributed by atoms with van der Waals surface area (Å²) in [4.78, 5) is 13.9. The molecule has 0 aliphatic carbocycles. The first-order valence-corrected chi connectivity index (χ1v) is 9.16. The number of aromatic carboxylic acids is 1. The highest BCUT2D eigenvalue weighted by Crippen LogP contribution is 2.30. The number of sulfonamides is 1. The third-order valence-corrected chi connectivity index (χ3v) is 5.75. The maximum Gasteiger partial charge on any atom is 0.433 e. The van der Waals surface area contributed by atoms with Gasteiger partial charge in [-0.05, 0) is 24.3 Å². The number of carbonyl (C=O) groups is 1. The predicted molar refractivity (Wildman–Crippen MR) is 85.8 cm³/mol. The number of nitrogens with zero attached hydrogens (tertiary/aromatic N) is 2. The second-order valence-corrected chi connectivity index (χ2v) is 7.81. The largest absolute Gasteiger partial charge is 0.478 e. The van der Waals surface area contributed by atoms with Gasteiger partial charge in [0.05, 0.1) is 23.5 Å². The molecule has 1 aliphatic rings. The van der Waals surface area contributed by atoms with Crippen molar-refractivity contribution in [2.45, 2.75) is 17.2 Å². The van der Waals surface area contributed by atoms with E-state index >= 15 is 0 Å². The Balaban J connectivity index is 1.69. The Bertz CT molecular complexity index is 1020. The zero-order valence-corrected chi connectivity index (χ0v) is 14.7. The number of ether oxygens (including phenoxy) is 1. The molecule has 0 atom stereocenters. The summed E-state index contributed by atoms with van der Waals surface area (Å²) in [7, 11) is -4.11. The molecule has 1 saturated heterocycles. The lowest BCUT2D eigenvalue weighted by molar-refractivity contribution is -0.141. The van der Waals surface area contributed by atoms with Crippen LogP contribution in [0.5, 0.6) is 5.88 Å². The molecule has 1 aromatic heterocycles. The molecule has 12 heteroatoms. The summed E-state index contributed by atoms with van der Waals surface area (Å²) in [5.74, 6) is -2.99. The van der Waals surface area contributed by atoms with Crippen molar-refractivity contribution in [3.05, 3.63) is 53.5 Å². The maximum absolute atomic E-state index is 13.4. The predicted octanol–water partition coefficient (Wildman–Crippen LogP) is 2.39. The van der Waals surface area contributed by atoms with Crippen molar-refractivity contribution in [1.82, 2.24) is 9.29 Å². The summed E-state index contributed by atoms with van der Waals surface area (Å²) in [5, 5.41) is 8.90. The minimum atomic E-state index is -4.64. The van der Waals surface area contributed by atoms with E-state index in [2.05, 4.69) is 4.98 Å². The van der Waals surface area contributed by atoms with E-state index in [0.29, 0.717) is 6.07 Å². The summed E-state index contributed by atoms with van der Waals surface area (Å²) in [5.41, 5.74) is -1.93. The minimum Gasteiger partial charge on any atom is -0.478 e. The average Bonchev–Trinajstić information content (AvgIpc) is 2.57. The lowest BCUT2D eigenvalue weighted by atomic mass is 10.2. The Morgan fingerprint density at radius 3 is 2.50 bits per heavy atom. The first-order chi connectivity index (χ1) is 13.0. The van der Waals surface area contributed by atoms with E-state index in [1.165, 1.54) is 6.07 Å². The highest BCUT2D eigenvalue weighted by molar-refractivity contribution is 7.89. The van der Waals surface area contributed by atoms with E-state index in [-0.39, 0.29) is 19.0 Å². The molecule has 2 aromatic rings. The third kappa shape index (κ3) is 3.92. The SMILES string of the molecule is O=C(O)c1cc(S(=O)(=O)N2CC(Oc3cccc(C(F)(F)F)n3)C2)ccc1F. The van der Waals surface area contributed by atoms with E-state index in [4.69, 9.17) is 9.84 Å². The fraction of sp³-hybridized carbons (Fsp3) is 0.250. The van der Waals surface area contributed by atoms with Crippen LogP contribution in [-0.2, 0) is 16.2 Å². The average molecular weight is 420 g/mol. The molecule has 1 fully saturated rings. The number of carboxylic acid groups (broad SMARTS) is 1. The van der Waals surface area contributed by atoms with E-state index in [1.807, 2.05) is 0 Å². The van der Waals surface area contributed by atoms with Crippen molar-refractivity contribution in [2.75, 3.05) is 13.1 Å². The Morgan fingerprint density at radius 2 is 1.89 bits per heavy atom. The van der Waals surface area contributed by atoms with Crippen LogP contribution in [0.4, 0.5) is 17.6 Å². The zero-order chi connectivity index (χ0) is 20.7. The molecule has 150 valence electrons. The van der Waals surface area contributed by atoms with Gasteiger partial charge in [-0.1, -0.05) is 6.07 Å². The van der Waals surface area contributed by atoms with Crippen LogP contribution in [0.25, 0.3) is 0 Å². The lowest BCUT2D eigenvalue weighted by Crippen LogP contribution is -2.56. The molecular weight excluding hydrogens is 408 g/mol. The normalized spacial score (nSPS) is 15.9. The van der Waals surface area contributed by atoms with Gasteiger partial charge in [0, 0.05) is 6.07 Å². The van der Waals surface area contributed by atoms with Crippen LogP contribution in [0.3, 0.4) is 0 Å². The standard InChI is InChI=1S/C16H12F4N2O5S/c17-12-5-4-10(6-11(12)15(23)24)28(25,26)22-7-9(8-22)27-14-3-1-2-13(21-14)16(18,19)20/h1-6,9H,7-8H2,(H,23,24). The van der Waals surface area contributed by atoms with Gasteiger partial charge in [0.1, 0.15) is 17.6 Å². The van der Waals surface area contributed by atoms with E-state index < -0.39 is 50.2 Å². The number of carboxylic acids is 1. The molecule has 0 amide bonds. The van der Waals surface area contributed by atoms with E-state index in [0.717, 1.165) is 28.6 Å². The zero-order valence-electron chi connectivity index (χ0n) is 13.9. The van der Waals surface area contributed by atoms with Gasteiger partial charge in [-0.25, -0.2) is 22.6 Å². The van der Waals surface area contributed by atoms with Gasteiger partial charge < -0.3 is 9.84 Å². The van der Waals surface area contributed by atoms with Gasteiger partial charge in [-0.3, -0.25) is 0 Å². The number of rotatable bonds is 5. The van der Waals surface area contributed by atoms with Crippen molar-refractivity contribution in [3.63, 3.8) is 0 Å². The van der Waals surface area contributed by atoms with Crippen molar-refractivity contribution in [3.8, 4) is 5.88 Å². The van der Waals surface area contributed by atoms with Crippen molar-refractivity contribution in [1.29, 1.82) is 0 Å². The van der Waals surface area contributed by atoms with Crippen LogP contribution < -0.4 is 4.74 Å². The number of hydrogen-bond acceptors (Lipinski definition) is 5. The molecule has 0 bridgehead atoms. The summed E-state index contributed by atoms with van der Waals surface area (Å²) in [6.07, 6.45) is -5.37. The number of aromatic nitrogens is 1. The Hall–Kier alpha value is -2.73. The van der Waals surface area contributed by atoms with Gasteiger partial charge in [0.25, 0.3) is 0 Å². The van der Waals surface area contributed by atoms with Crippen molar-refractivity contribution in [2.24, 2.45) is 0 Å². The second-order valence-electron chi connectivity index (χ2n) is 5.87. The molecular formula is C16H12F4N2O5S. The number of hydrogen-bond donors (Lipinski definition) is 1. The highest BCUT2D eigenvalue weighted by atomic mass is 32.2. The molecule has 1 aromatic carbocycles. The number of pyridine rings is 1. The first kappa shape index (κ1) is 20.0. The van der Waals surface area contributed by atoms with Crippen molar-refractivity contribution < 1.29 is 40.6 Å².